The Kier molecular flexibility index (Phi) is 3.15. The second kappa shape index (κ2) is 4.14. The van der Waals surface area contributed by atoms with Gasteiger partial charge in [0.2, 0.25) is 0 Å². The van der Waals surface area contributed by atoms with Gasteiger partial charge in [-0.15, -0.1) is 0 Å². The average molecular weight is 268 g/mol. The Morgan fingerprint density at radius 3 is 2.17 bits per heavy atom. The zero-order valence-electron chi connectivity index (χ0n) is 11.8. The molecule has 1 unspecified atom stereocenters. The molecule has 1 aliphatic rings. The molecule has 2 nitrogen and oxygen atoms in total. The van der Waals surface area contributed by atoms with Crippen LogP contribution in [-0.4, -0.2) is 7.11 Å². The first-order valence-electron chi connectivity index (χ1n) is 6.32. The molecule has 3 heteroatoms. The Labute approximate surface area is 114 Å². The molecule has 1 fully saturated rings. The third-order valence-corrected chi connectivity index (χ3v) is 5.39. The number of benzene rings is 1. The zero-order chi connectivity index (χ0) is 13.7. The van der Waals surface area contributed by atoms with Crippen molar-refractivity contribution in [2.45, 2.75) is 33.7 Å². The van der Waals surface area contributed by atoms with Gasteiger partial charge in [0, 0.05) is 11.1 Å². The number of halogens is 1. The van der Waals surface area contributed by atoms with Crippen LogP contribution in [0, 0.1) is 16.7 Å². The second-order valence-electron chi connectivity index (χ2n) is 6.33. The highest BCUT2D eigenvalue weighted by Crippen LogP contribution is 2.72. The predicted molar refractivity (Wildman–Crippen MR) is 76.0 cm³/mol. The van der Waals surface area contributed by atoms with Crippen LogP contribution >= 0.6 is 11.6 Å². The van der Waals surface area contributed by atoms with Crippen LogP contribution in [0.15, 0.2) is 18.2 Å². The molecule has 0 aromatic heterocycles. The molecule has 100 valence electrons. The summed E-state index contributed by atoms with van der Waals surface area (Å²) >= 11 is 6.30. The summed E-state index contributed by atoms with van der Waals surface area (Å²) in [6, 6.07) is 5.72. The Morgan fingerprint density at radius 2 is 1.78 bits per heavy atom. The molecule has 0 heterocycles. The minimum absolute atomic E-state index is 0.0200. The highest BCUT2D eigenvalue weighted by atomic mass is 35.5. The molecule has 0 radical (unpaired) electrons. The van der Waals surface area contributed by atoms with Gasteiger partial charge in [-0.2, -0.15) is 0 Å². The van der Waals surface area contributed by atoms with E-state index in [9.17, 15) is 0 Å². The summed E-state index contributed by atoms with van der Waals surface area (Å²) in [5.41, 5.74) is 7.95. The van der Waals surface area contributed by atoms with E-state index in [0.29, 0.717) is 10.9 Å². The van der Waals surface area contributed by atoms with Gasteiger partial charge in [0.15, 0.2) is 0 Å². The lowest BCUT2D eigenvalue weighted by Crippen LogP contribution is -2.17. The first kappa shape index (κ1) is 13.7. The predicted octanol–water partition coefficient (Wildman–Crippen LogP) is 4.03. The van der Waals surface area contributed by atoms with Gasteiger partial charge in [-0.1, -0.05) is 45.4 Å². The van der Waals surface area contributed by atoms with Crippen LogP contribution in [-0.2, 0) is 0 Å². The van der Waals surface area contributed by atoms with Crippen LogP contribution in [0.1, 0.15) is 39.3 Å². The monoisotopic (exact) mass is 267 g/mol. The number of methoxy groups -OCH3 is 1. The molecular weight excluding hydrogens is 246 g/mol. The van der Waals surface area contributed by atoms with Crippen molar-refractivity contribution >= 4 is 11.6 Å². The normalized spacial score (nSPS) is 22.6. The first-order chi connectivity index (χ1) is 8.23. The molecule has 1 aromatic rings. The van der Waals surface area contributed by atoms with Crippen molar-refractivity contribution in [2.75, 3.05) is 7.11 Å². The van der Waals surface area contributed by atoms with Crippen LogP contribution in [0.2, 0.25) is 5.02 Å². The molecule has 18 heavy (non-hydrogen) atoms. The van der Waals surface area contributed by atoms with Gasteiger partial charge in [-0.25, -0.2) is 0 Å². The highest BCUT2D eigenvalue weighted by molar-refractivity contribution is 6.31. The maximum atomic E-state index is 6.42. The van der Waals surface area contributed by atoms with E-state index in [1.165, 1.54) is 0 Å². The summed E-state index contributed by atoms with van der Waals surface area (Å²) < 4.78 is 5.16. The summed E-state index contributed by atoms with van der Waals surface area (Å²) in [5, 5.41) is 0.695. The third-order valence-electron chi connectivity index (χ3n) is 5.06. The molecule has 1 atom stereocenters. The van der Waals surface area contributed by atoms with Crippen molar-refractivity contribution in [3.63, 3.8) is 0 Å². The minimum Gasteiger partial charge on any atom is -0.497 e. The van der Waals surface area contributed by atoms with Crippen LogP contribution in [0.5, 0.6) is 5.75 Å². The van der Waals surface area contributed by atoms with E-state index >= 15 is 0 Å². The van der Waals surface area contributed by atoms with Crippen LogP contribution in [0.3, 0.4) is 0 Å². The fourth-order valence-corrected chi connectivity index (χ4v) is 3.53. The second-order valence-corrected chi connectivity index (χ2v) is 6.74. The average Bonchev–Trinajstić information content (AvgIpc) is 2.68. The Morgan fingerprint density at radius 1 is 1.22 bits per heavy atom. The van der Waals surface area contributed by atoms with Gasteiger partial charge in [0.25, 0.3) is 0 Å². The van der Waals surface area contributed by atoms with E-state index in [1.54, 1.807) is 7.11 Å². The fraction of sp³-hybridized carbons (Fsp3) is 0.600. The number of nitrogens with two attached hydrogens (primary N) is 1. The molecule has 0 aliphatic heterocycles. The molecule has 2 rings (SSSR count). The van der Waals surface area contributed by atoms with E-state index in [2.05, 4.69) is 27.7 Å². The number of rotatable bonds is 3. The van der Waals surface area contributed by atoms with E-state index in [1.807, 2.05) is 18.2 Å². The molecule has 0 bridgehead atoms. The van der Waals surface area contributed by atoms with Crippen molar-refractivity contribution in [1.82, 2.24) is 0 Å². The van der Waals surface area contributed by atoms with Gasteiger partial charge in [-0.05, 0) is 34.4 Å². The van der Waals surface area contributed by atoms with Crippen molar-refractivity contribution in [2.24, 2.45) is 22.5 Å². The van der Waals surface area contributed by atoms with Gasteiger partial charge >= 0.3 is 0 Å². The summed E-state index contributed by atoms with van der Waals surface area (Å²) in [7, 11) is 1.64. The molecule has 0 spiro atoms. The Hall–Kier alpha value is -0.730. The number of hydrogen-bond acceptors (Lipinski definition) is 2. The molecular formula is C15H22ClNO. The van der Waals surface area contributed by atoms with Gasteiger partial charge in [0.1, 0.15) is 5.75 Å². The SMILES string of the molecule is COc1ccc(C(N)C2C(C)(C)C2(C)C)c(Cl)c1. The van der Waals surface area contributed by atoms with Crippen LogP contribution in [0.25, 0.3) is 0 Å². The quantitative estimate of drug-likeness (QED) is 0.897. The van der Waals surface area contributed by atoms with Crippen LogP contribution < -0.4 is 10.5 Å². The molecule has 1 saturated carbocycles. The smallest absolute Gasteiger partial charge is 0.120 e. The highest BCUT2D eigenvalue weighted by Gasteiger charge is 2.66. The molecule has 1 aliphatic carbocycles. The molecule has 1 aromatic carbocycles. The summed E-state index contributed by atoms with van der Waals surface area (Å²) in [4.78, 5) is 0. The summed E-state index contributed by atoms with van der Waals surface area (Å²) in [6.07, 6.45) is 0. The molecule has 0 amide bonds. The third kappa shape index (κ3) is 1.83. The molecule has 2 N–H and O–H groups in total. The van der Waals surface area contributed by atoms with E-state index in [-0.39, 0.29) is 16.9 Å². The number of hydrogen-bond donors (Lipinski definition) is 1. The first-order valence-corrected chi connectivity index (χ1v) is 6.70. The van der Waals surface area contributed by atoms with E-state index < -0.39 is 0 Å². The lowest BCUT2D eigenvalue weighted by Gasteiger charge is -2.16. The Bertz CT molecular complexity index is 454. The number of ether oxygens (including phenoxy) is 1. The standard InChI is InChI=1S/C15H22ClNO/c1-14(2)13(15(14,3)4)12(17)10-7-6-9(18-5)8-11(10)16/h6-8,12-13H,17H2,1-5H3. The Balaban J connectivity index is 2.29. The maximum absolute atomic E-state index is 6.42. The minimum atomic E-state index is -0.0200. The van der Waals surface area contributed by atoms with Gasteiger partial charge in [0.05, 0.1) is 7.11 Å². The lowest BCUT2D eigenvalue weighted by molar-refractivity contribution is 0.414. The van der Waals surface area contributed by atoms with Crippen molar-refractivity contribution in [3.8, 4) is 5.75 Å². The summed E-state index contributed by atoms with van der Waals surface area (Å²) in [6.45, 7) is 9.09. The fourth-order valence-electron chi connectivity index (χ4n) is 3.23. The lowest BCUT2D eigenvalue weighted by atomic mass is 9.97. The largest absolute Gasteiger partial charge is 0.497 e. The summed E-state index contributed by atoms with van der Waals surface area (Å²) in [5.74, 6) is 1.22. The maximum Gasteiger partial charge on any atom is 0.120 e. The topological polar surface area (TPSA) is 35.2 Å². The molecule has 0 saturated heterocycles. The van der Waals surface area contributed by atoms with E-state index in [4.69, 9.17) is 22.1 Å². The zero-order valence-corrected chi connectivity index (χ0v) is 12.5. The van der Waals surface area contributed by atoms with Crippen molar-refractivity contribution in [3.05, 3.63) is 28.8 Å². The van der Waals surface area contributed by atoms with Crippen molar-refractivity contribution in [1.29, 1.82) is 0 Å². The van der Waals surface area contributed by atoms with Crippen molar-refractivity contribution < 1.29 is 4.74 Å². The van der Waals surface area contributed by atoms with E-state index in [0.717, 1.165) is 11.3 Å². The van der Waals surface area contributed by atoms with Gasteiger partial charge < -0.3 is 10.5 Å². The van der Waals surface area contributed by atoms with Crippen LogP contribution in [0.4, 0.5) is 0 Å². The van der Waals surface area contributed by atoms with Gasteiger partial charge in [-0.3, -0.25) is 0 Å².